The van der Waals surface area contributed by atoms with Crippen LogP contribution in [0.3, 0.4) is 0 Å². The Kier molecular flexibility index (Phi) is 3.85. The standard InChI is InChI=1S/C16H9ClF3NO3/c1-16(23)14(7-2-3-11(17)21-6-7)13(15(22)24-16)12-9(19)4-8(18)5-10(12)20/h2-6,23H,1H3. The molecule has 0 saturated carbocycles. The second-order valence-corrected chi connectivity index (χ2v) is 5.62. The van der Waals surface area contributed by atoms with E-state index >= 15 is 0 Å². The van der Waals surface area contributed by atoms with Crippen LogP contribution < -0.4 is 0 Å². The molecule has 1 unspecified atom stereocenters. The van der Waals surface area contributed by atoms with E-state index in [9.17, 15) is 23.1 Å². The van der Waals surface area contributed by atoms with Gasteiger partial charge in [0.25, 0.3) is 0 Å². The van der Waals surface area contributed by atoms with Gasteiger partial charge in [-0.05, 0) is 12.1 Å². The molecule has 0 saturated heterocycles. The second kappa shape index (κ2) is 5.61. The van der Waals surface area contributed by atoms with Crippen LogP contribution in [0.15, 0.2) is 30.5 Å². The predicted octanol–water partition coefficient (Wildman–Crippen LogP) is 3.33. The van der Waals surface area contributed by atoms with Gasteiger partial charge in [0.2, 0.25) is 5.79 Å². The van der Waals surface area contributed by atoms with Gasteiger partial charge in [0, 0.05) is 36.4 Å². The molecule has 1 aromatic heterocycles. The summed E-state index contributed by atoms with van der Waals surface area (Å²) in [6.45, 7) is 1.14. The summed E-state index contributed by atoms with van der Waals surface area (Å²) in [5.74, 6) is -7.01. The highest BCUT2D eigenvalue weighted by atomic mass is 35.5. The zero-order valence-electron chi connectivity index (χ0n) is 12.1. The van der Waals surface area contributed by atoms with Crippen molar-refractivity contribution in [1.82, 2.24) is 4.98 Å². The van der Waals surface area contributed by atoms with Crippen molar-refractivity contribution in [1.29, 1.82) is 0 Å². The maximum absolute atomic E-state index is 14.1. The normalized spacial score (nSPS) is 20.5. The zero-order chi connectivity index (χ0) is 17.6. The molecule has 1 atom stereocenters. The Hall–Kier alpha value is -2.38. The fourth-order valence-corrected chi connectivity index (χ4v) is 2.67. The lowest BCUT2D eigenvalue weighted by atomic mass is 9.92. The average molecular weight is 356 g/mol. The first-order valence-electron chi connectivity index (χ1n) is 6.68. The minimum atomic E-state index is -2.14. The number of benzene rings is 1. The van der Waals surface area contributed by atoms with Crippen LogP contribution in [0.5, 0.6) is 0 Å². The first-order chi connectivity index (χ1) is 11.2. The minimum Gasteiger partial charge on any atom is -0.425 e. The molecule has 0 fully saturated rings. The minimum absolute atomic E-state index is 0.143. The van der Waals surface area contributed by atoms with Crippen LogP contribution in [0.4, 0.5) is 13.2 Å². The van der Waals surface area contributed by atoms with Crippen molar-refractivity contribution in [2.24, 2.45) is 0 Å². The van der Waals surface area contributed by atoms with Crippen molar-refractivity contribution in [3.8, 4) is 0 Å². The van der Waals surface area contributed by atoms with Crippen LogP contribution in [0.2, 0.25) is 5.15 Å². The summed E-state index contributed by atoms with van der Waals surface area (Å²) in [6, 6.07) is 3.64. The number of carbonyl (C=O) groups is 1. The maximum Gasteiger partial charge on any atom is 0.342 e. The van der Waals surface area contributed by atoms with Gasteiger partial charge in [0.05, 0.1) is 11.1 Å². The molecule has 4 nitrogen and oxygen atoms in total. The van der Waals surface area contributed by atoms with E-state index in [4.69, 9.17) is 16.3 Å². The van der Waals surface area contributed by atoms with Crippen molar-refractivity contribution in [3.63, 3.8) is 0 Å². The van der Waals surface area contributed by atoms with Gasteiger partial charge < -0.3 is 9.84 Å². The number of ether oxygens (including phenoxy) is 1. The van der Waals surface area contributed by atoms with Gasteiger partial charge in [-0.15, -0.1) is 0 Å². The van der Waals surface area contributed by atoms with Gasteiger partial charge in [-0.25, -0.2) is 22.9 Å². The van der Waals surface area contributed by atoms with Crippen LogP contribution in [-0.2, 0) is 9.53 Å². The van der Waals surface area contributed by atoms with E-state index < -0.39 is 40.3 Å². The van der Waals surface area contributed by atoms with Gasteiger partial charge in [-0.2, -0.15) is 0 Å². The van der Waals surface area contributed by atoms with E-state index in [-0.39, 0.29) is 16.3 Å². The van der Waals surface area contributed by atoms with E-state index in [1.807, 2.05) is 0 Å². The van der Waals surface area contributed by atoms with Crippen LogP contribution in [0, 0.1) is 17.5 Å². The van der Waals surface area contributed by atoms with Gasteiger partial charge in [0.15, 0.2) is 0 Å². The summed E-state index contributed by atoms with van der Waals surface area (Å²) < 4.78 is 46.1. The molecule has 24 heavy (non-hydrogen) atoms. The molecule has 124 valence electrons. The molecule has 0 amide bonds. The van der Waals surface area contributed by atoms with E-state index in [2.05, 4.69) is 4.98 Å². The molecule has 8 heteroatoms. The monoisotopic (exact) mass is 355 g/mol. The lowest BCUT2D eigenvalue weighted by Gasteiger charge is -2.19. The number of esters is 1. The molecule has 0 radical (unpaired) electrons. The third-order valence-corrected chi connectivity index (χ3v) is 3.71. The number of cyclic esters (lactones) is 1. The Labute approximate surface area is 139 Å². The number of pyridine rings is 1. The molecular weight excluding hydrogens is 347 g/mol. The van der Waals surface area contributed by atoms with Crippen molar-refractivity contribution in [3.05, 3.63) is 64.2 Å². The third kappa shape index (κ3) is 2.65. The molecule has 1 aliphatic heterocycles. The first-order valence-corrected chi connectivity index (χ1v) is 7.06. The van der Waals surface area contributed by atoms with Crippen LogP contribution >= 0.6 is 11.6 Å². The fraction of sp³-hybridized carbons (Fsp3) is 0.125. The average Bonchev–Trinajstić information content (AvgIpc) is 2.68. The Morgan fingerprint density at radius 3 is 2.38 bits per heavy atom. The van der Waals surface area contributed by atoms with Gasteiger partial charge in [-0.3, -0.25) is 0 Å². The Balaban J connectivity index is 2.34. The van der Waals surface area contributed by atoms with Crippen molar-refractivity contribution in [2.75, 3.05) is 0 Å². The summed E-state index contributed by atoms with van der Waals surface area (Å²) in [4.78, 5) is 15.9. The number of nitrogens with zero attached hydrogens (tertiary/aromatic N) is 1. The van der Waals surface area contributed by atoms with E-state index in [0.29, 0.717) is 12.1 Å². The highest BCUT2D eigenvalue weighted by Gasteiger charge is 2.45. The second-order valence-electron chi connectivity index (χ2n) is 5.24. The van der Waals surface area contributed by atoms with Crippen LogP contribution in [-0.4, -0.2) is 21.8 Å². The number of hydrogen-bond acceptors (Lipinski definition) is 4. The molecule has 1 N–H and O–H groups in total. The number of aromatic nitrogens is 1. The Morgan fingerprint density at radius 2 is 1.83 bits per heavy atom. The topological polar surface area (TPSA) is 59.4 Å². The molecule has 2 heterocycles. The number of carbonyl (C=O) groups excluding carboxylic acids is 1. The Bertz CT molecular complexity index is 856. The van der Waals surface area contributed by atoms with E-state index in [1.54, 1.807) is 0 Å². The molecular formula is C16H9ClF3NO3. The summed E-state index contributed by atoms with van der Waals surface area (Å²) in [5, 5.41) is 10.5. The maximum atomic E-state index is 14.1. The van der Waals surface area contributed by atoms with Crippen LogP contribution in [0.25, 0.3) is 11.1 Å². The molecule has 0 bridgehead atoms. The van der Waals surface area contributed by atoms with Gasteiger partial charge >= 0.3 is 5.97 Å². The largest absolute Gasteiger partial charge is 0.425 e. The molecule has 3 rings (SSSR count). The molecule has 2 aromatic rings. The van der Waals surface area contributed by atoms with E-state index in [1.165, 1.54) is 18.3 Å². The van der Waals surface area contributed by atoms with Crippen molar-refractivity contribution < 1.29 is 27.8 Å². The molecule has 1 aliphatic rings. The smallest absolute Gasteiger partial charge is 0.342 e. The summed E-state index contributed by atoms with van der Waals surface area (Å²) >= 11 is 5.69. The van der Waals surface area contributed by atoms with E-state index in [0.717, 1.165) is 6.92 Å². The lowest BCUT2D eigenvalue weighted by molar-refractivity contribution is -0.169. The molecule has 0 spiro atoms. The third-order valence-electron chi connectivity index (χ3n) is 3.48. The van der Waals surface area contributed by atoms with Crippen LogP contribution in [0.1, 0.15) is 18.1 Å². The van der Waals surface area contributed by atoms with Crippen molar-refractivity contribution in [2.45, 2.75) is 12.7 Å². The quantitative estimate of drug-likeness (QED) is 0.663. The SMILES string of the molecule is CC1(O)OC(=O)C(c2c(F)cc(F)cc2F)=C1c1ccc(Cl)nc1. The van der Waals surface area contributed by atoms with Crippen molar-refractivity contribution >= 4 is 28.7 Å². The predicted molar refractivity (Wildman–Crippen MR) is 79.1 cm³/mol. The number of hydrogen-bond donors (Lipinski definition) is 1. The molecule has 1 aromatic carbocycles. The number of halogens is 4. The summed E-state index contributed by atoms with van der Waals surface area (Å²) in [6.07, 6.45) is 1.22. The molecule has 0 aliphatic carbocycles. The Morgan fingerprint density at radius 1 is 1.21 bits per heavy atom. The summed E-state index contributed by atoms with van der Waals surface area (Å²) in [5.41, 5.74) is -1.35. The fourth-order valence-electron chi connectivity index (χ4n) is 2.56. The van der Waals surface area contributed by atoms with Gasteiger partial charge in [-0.1, -0.05) is 11.6 Å². The highest BCUT2D eigenvalue weighted by molar-refractivity contribution is 6.30. The summed E-state index contributed by atoms with van der Waals surface area (Å²) in [7, 11) is 0. The highest BCUT2D eigenvalue weighted by Crippen LogP contribution is 2.43. The first kappa shape index (κ1) is 16.5. The zero-order valence-corrected chi connectivity index (χ0v) is 12.9. The lowest BCUT2D eigenvalue weighted by Crippen LogP contribution is -2.26. The number of aliphatic hydroxyl groups is 1. The number of rotatable bonds is 2. The van der Waals surface area contributed by atoms with Gasteiger partial charge in [0.1, 0.15) is 22.6 Å².